The van der Waals surface area contributed by atoms with Crippen LogP contribution in [-0.2, 0) is 4.79 Å². The molecule has 5 aliphatic rings. The summed E-state index contributed by atoms with van der Waals surface area (Å²) in [6.07, 6.45) is 12.0. The highest BCUT2D eigenvalue weighted by Gasteiger charge is 2.56. The van der Waals surface area contributed by atoms with Crippen LogP contribution in [-0.4, -0.2) is 5.78 Å². The van der Waals surface area contributed by atoms with Crippen LogP contribution in [0.1, 0.15) is 64.7 Å². The van der Waals surface area contributed by atoms with Gasteiger partial charge in [0.05, 0.1) is 0 Å². The Labute approximate surface area is 111 Å². The molecule has 5 fully saturated rings. The summed E-state index contributed by atoms with van der Waals surface area (Å²) in [4.78, 5) is 12.5. The molecule has 4 bridgehead atoms. The van der Waals surface area contributed by atoms with E-state index in [0.717, 1.165) is 30.6 Å². The van der Waals surface area contributed by atoms with Gasteiger partial charge in [-0.25, -0.2) is 0 Å². The first-order valence-electron chi connectivity index (χ1n) is 8.19. The third-order valence-electron chi connectivity index (χ3n) is 6.74. The molecule has 0 aromatic carbocycles. The van der Waals surface area contributed by atoms with Crippen LogP contribution in [0.4, 0.5) is 0 Å². The monoisotopic (exact) mass is 246 g/mol. The lowest BCUT2D eigenvalue weighted by atomic mass is 9.44. The minimum absolute atomic E-state index is 0.444. The van der Waals surface area contributed by atoms with Gasteiger partial charge in [-0.3, -0.25) is 4.79 Å². The van der Waals surface area contributed by atoms with Crippen LogP contribution in [0.3, 0.4) is 0 Å². The molecule has 0 aromatic heterocycles. The van der Waals surface area contributed by atoms with E-state index in [4.69, 9.17) is 0 Å². The number of carbonyl (C=O) groups excluding carboxylic acids is 1. The predicted octanol–water partition coefficient (Wildman–Crippen LogP) is 4.21. The molecule has 0 aliphatic heterocycles. The van der Waals surface area contributed by atoms with Gasteiger partial charge in [0.2, 0.25) is 0 Å². The molecule has 5 saturated carbocycles. The number of hydrogen-bond acceptors (Lipinski definition) is 1. The van der Waals surface area contributed by atoms with Crippen molar-refractivity contribution in [2.45, 2.75) is 64.7 Å². The fourth-order valence-corrected chi connectivity index (χ4v) is 6.74. The maximum atomic E-state index is 12.5. The van der Waals surface area contributed by atoms with Crippen molar-refractivity contribution in [3.63, 3.8) is 0 Å². The molecule has 0 amide bonds. The SMILES string of the molecule is C[C@@H]1CCCC(=O)[C@@H]1C12CC3CC(CC(C3)C1)C2. The molecule has 100 valence electrons. The zero-order valence-corrected chi connectivity index (χ0v) is 11.7. The summed E-state index contributed by atoms with van der Waals surface area (Å²) in [5.74, 6) is 4.70. The Kier molecular flexibility index (Phi) is 2.45. The third-order valence-corrected chi connectivity index (χ3v) is 6.74. The van der Waals surface area contributed by atoms with Crippen molar-refractivity contribution < 1.29 is 4.79 Å². The minimum atomic E-state index is 0.444. The Morgan fingerprint density at radius 1 is 1.00 bits per heavy atom. The summed E-state index contributed by atoms with van der Waals surface area (Å²) in [5, 5.41) is 0. The number of ketones is 1. The summed E-state index contributed by atoms with van der Waals surface area (Å²) >= 11 is 0. The van der Waals surface area contributed by atoms with Gasteiger partial charge in [-0.15, -0.1) is 0 Å². The van der Waals surface area contributed by atoms with E-state index in [-0.39, 0.29) is 0 Å². The molecule has 18 heavy (non-hydrogen) atoms. The Hall–Kier alpha value is -0.330. The topological polar surface area (TPSA) is 17.1 Å². The number of Topliss-reactive ketones (excluding diaryl/α,β-unsaturated/α-hetero) is 1. The van der Waals surface area contributed by atoms with Gasteiger partial charge < -0.3 is 0 Å². The second kappa shape index (κ2) is 3.84. The van der Waals surface area contributed by atoms with Crippen molar-refractivity contribution in [2.75, 3.05) is 0 Å². The van der Waals surface area contributed by atoms with Crippen molar-refractivity contribution >= 4 is 5.78 Å². The van der Waals surface area contributed by atoms with E-state index in [2.05, 4.69) is 6.92 Å². The van der Waals surface area contributed by atoms with Gasteiger partial charge in [-0.05, 0) is 80.5 Å². The minimum Gasteiger partial charge on any atom is -0.299 e. The van der Waals surface area contributed by atoms with E-state index in [9.17, 15) is 4.79 Å². The highest BCUT2D eigenvalue weighted by atomic mass is 16.1. The summed E-state index contributed by atoms with van der Waals surface area (Å²) in [6, 6.07) is 0. The van der Waals surface area contributed by atoms with Crippen LogP contribution in [0.5, 0.6) is 0 Å². The molecular weight excluding hydrogens is 220 g/mol. The quantitative estimate of drug-likeness (QED) is 0.677. The van der Waals surface area contributed by atoms with Crippen LogP contribution in [0, 0.1) is 35.0 Å². The van der Waals surface area contributed by atoms with Crippen molar-refractivity contribution in [2.24, 2.45) is 35.0 Å². The summed E-state index contributed by atoms with van der Waals surface area (Å²) in [7, 11) is 0. The first-order chi connectivity index (χ1) is 8.66. The average Bonchev–Trinajstić information content (AvgIpc) is 2.26. The lowest BCUT2D eigenvalue weighted by Gasteiger charge is -2.60. The van der Waals surface area contributed by atoms with Crippen molar-refractivity contribution in [3.8, 4) is 0 Å². The average molecular weight is 246 g/mol. The predicted molar refractivity (Wildman–Crippen MR) is 72.1 cm³/mol. The van der Waals surface area contributed by atoms with E-state index in [1.807, 2.05) is 0 Å². The van der Waals surface area contributed by atoms with E-state index < -0.39 is 0 Å². The van der Waals surface area contributed by atoms with Gasteiger partial charge in [0.1, 0.15) is 5.78 Å². The van der Waals surface area contributed by atoms with Gasteiger partial charge in [-0.2, -0.15) is 0 Å². The number of hydrogen-bond donors (Lipinski definition) is 0. The van der Waals surface area contributed by atoms with Crippen LogP contribution in [0.15, 0.2) is 0 Å². The second-order valence-electron chi connectivity index (χ2n) is 8.09. The molecule has 0 radical (unpaired) electrons. The Morgan fingerprint density at radius 3 is 2.06 bits per heavy atom. The molecule has 5 aliphatic carbocycles. The lowest BCUT2D eigenvalue weighted by molar-refractivity contribution is -0.147. The molecular formula is C17H26O. The molecule has 0 unspecified atom stereocenters. The van der Waals surface area contributed by atoms with Crippen molar-refractivity contribution in [1.82, 2.24) is 0 Å². The van der Waals surface area contributed by atoms with Gasteiger partial charge in [-0.1, -0.05) is 6.92 Å². The van der Waals surface area contributed by atoms with E-state index in [1.54, 1.807) is 0 Å². The van der Waals surface area contributed by atoms with Gasteiger partial charge >= 0.3 is 0 Å². The number of carbonyl (C=O) groups is 1. The van der Waals surface area contributed by atoms with E-state index in [1.165, 1.54) is 44.9 Å². The van der Waals surface area contributed by atoms with Crippen LogP contribution in [0.2, 0.25) is 0 Å². The second-order valence-corrected chi connectivity index (χ2v) is 8.09. The Bertz CT molecular complexity index is 335. The van der Waals surface area contributed by atoms with E-state index >= 15 is 0 Å². The normalized spacial score (nSPS) is 54.9. The molecule has 0 spiro atoms. The fraction of sp³-hybridized carbons (Fsp3) is 0.941. The Morgan fingerprint density at radius 2 is 1.56 bits per heavy atom. The summed E-state index contributed by atoms with van der Waals surface area (Å²) in [5.41, 5.74) is 0.464. The highest BCUT2D eigenvalue weighted by molar-refractivity contribution is 5.83. The summed E-state index contributed by atoms with van der Waals surface area (Å²) < 4.78 is 0. The Balaban J connectivity index is 1.68. The van der Waals surface area contributed by atoms with Crippen molar-refractivity contribution in [3.05, 3.63) is 0 Å². The summed E-state index contributed by atoms with van der Waals surface area (Å²) in [6.45, 7) is 2.36. The molecule has 5 rings (SSSR count). The van der Waals surface area contributed by atoms with Gasteiger partial charge in [0, 0.05) is 12.3 Å². The smallest absolute Gasteiger partial charge is 0.136 e. The highest BCUT2D eigenvalue weighted by Crippen LogP contribution is 2.64. The molecule has 0 heterocycles. The first-order valence-corrected chi connectivity index (χ1v) is 8.19. The van der Waals surface area contributed by atoms with Crippen LogP contribution >= 0.6 is 0 Å². The largest absolute Gasteiger partial charge is 0.299 e. The molecule has 0 N–H and O–H groups in total. The molecule has 1 nitrogen and oxygen atoms in total. The molecule has 0 aromatic rings. The standard InChI is InChI=1S/C17H26O/c1-11-3-2-4-15(18)16(11)17-8-12-5-13(9-17)7-14(6-12)10-17/h11-14,16H,2-10H2,1H3/t11-,12?,13?,14?,16-,17?/m1/s1. The number of rotatable bonds is 1. The van der Waals surface area contributed by atoms with Crippen molar-refractivity contribution in [1.29, 1.82) is 0 Å². The maximum Gasteiger partial charge on any atom is 0.136 e. The zero-order chi connectivity index (χ0) is 12.3. The lowest BCUT2D eigenvalue weighted by Crippen LogP contribution is -2.53. The maximum absolute atomic E-state index is 12.5. The molecule has 2 atom stereocenters. The first kappa shape index (κ1) is 11.5. The third kappa shape index (κ3) is 1.55. The van der Waals surface area contributed by atoms with Gasteiger partial charge in [0.15, 0.2) is 0 Å². The fourth-order valence-electron chi connectivity index (χ4n) is 6.74. The zero-order valence-electron chi connectivity index (χ0n) is 11.7. The van der Waals surface area contributed by atoms with Crippen LogP contribution < -0.4 is 0 Å². The molecule has 1 heteroatoms. The van der Waals surface area contributed by atoms with E-state index in [0.29, 0.717) is 23.0 Å². The van der Waals surface area contributed by atoms with Crippen LogP contribution in [0.25, 0.3) is 0 Å². The molecule has 0 saturated heterocycles. The van der Waals surface area contributed by atoms with Gasteiger partial charge in [0.25, 0.3) is 0 Å².